The maximum atomic E-state index is 9.34. The molecule has 0 aliphatic heterocycles. The highest BCUT2D eigenvalue weighted by molar-refractivity contribution is 5.52. The highest BCUT2D eigenvalue weighted by Gasteiger charge is 2.15. The average molecular weight is 340 g/mol. The number of aromatic nitrogens is 4. The Bertz CT molecular complexity index is 1070. The van der Waals surface area contributed by atoms with Gasteiger partial charge in [0.15, 0.2) is 0 Å². The Morgan fingerprint density at radius 2 is 1.96 bits per heavy atom. The summed E-state index contributed by atoms with van der Waals surface area (Å²) in [6.45, 7) is 0. The molecule has 0 atom stereocenters. The fraction of sp³-hybridized carbons (Fsp3) is 0. The summed E-state index contributed by atoms with van der Waals surface area (Å²) >= 11 is 0. The van der Waals surface area contributed by atoms with Gasteiger partial charge in [-0.2, -0.15) is 10.4 Å². The number of hydrogen-bond acceptors (Lipinski definition) is 4. The molecule has 0 aliphatic carbocycles. The van der Waals surface area contributed by atoms with Crippen LogP contribution in [-0.4, -0.2) is 15.1 Å². The molecular weight excluding hydrogens is 326 g/mol. The first-order chi connectivity index (χ1) is 12.8. The van der Waals surface area contributed by atoms with Gasteiger partial charge in [0.2, 0.25) is 11.9 Å². The van der Waals surface area contributed by atoms with Crippen LogP contribution >= 0.6 is 0 Å². The van der Waals surface area contributed by atoms with E-state index in [-0.39, 0.29) is 0 Å². The van der Waals surface area contributed by atoms with E-state index in [1.54, 1.807) is 36.8 Å². The van der Waals surface area contributed by atoms with Crippen LogP contribution in [0, 0.1) is 11.3 Å². The Labute approximate surface area is 150 Å². The first kappa shape index (κ1) is 15.5. The van der Waals surface area contributed by atoms with Crippen LogP contribution in [0.1, 0.15) is 5.56 Å². The van der Waals surface area contributed by atoms with Crippen LogP contribution in [0.25, 0.3) is 17.1 Å². The lowest BCUT2D eigenvalue weighted by Gasteiger charge is -2.05. The minimum absolute atomic E-state index is 0.503. The topological polar surface area (TPSA) is 78.5 Å². The van der Waals surface area contributed by atoms with Crippen molar-refractivity contribution in [2.75, 3.05) is 0 Å². The molecule has 6 heteroatoms. The van der Waals surface area contributed by atoms with Crippen molar-refractivity contribution in [3.05, 3.63) is 84.9 Å². The van der Waals surface area contributed by atoms with Crippen LogP contribution in [0.3, 0.4) is 0 Å². The number of ether oxygens (including phenoxy) is 1. The summed E-state index contributed by atoms with van der Waals surface area (Å²) in [6, 6.07) is 18.8. The van der Waals surface area contributed by atoms with Crippen molar-refractivity contribution >= 4 is 0 Å². The Balaban J connectivity index is 1.69. The van der Waals surface area contributed by atoms with Gasteiger partial charge in [-0.05, 0) is 30.3 Å². The fourth-order valence-electron chi connectivity index (χ4n) is 2.56. The molecule has 0 amide bonds. The number of nitrogens with one attached hydrogen (secondary N) is 1. The molecule has 0 radical (unpaired) electrons. The molecule has 0 saturated heterocycles. The van der Waals surface area contributed by atoms with Gasteiger partial charge < -0.3 is 4.74 Å². The summed E-state index contributed by atoms with van der Waals surface area (Å²) in [5.74, 6) is 1.17. The van der Waals surface area contributed by atoms with Gasteiger partial charge in [-0.25, -0.2) is 0 Å². The Kier molecular flexibility index (Phi) is 4.11. The molecule has 6 nitrogen and oxygen atoms in total. The summed E-state index contributed by atoms with van der Waals surface area (Å²) in [6.07, 6.45) is 6.93. The first-order valence-corrected chi connectivity index (χ1v) is 7.97. The molecule has 1 N–H and O–H groups in total. The highest BCUT2D eigenvalue weighted by atomic mass is 16.5. The van der Waals surface area contributed by atoms with Gasteiger partial charge in [0.05, 0.1) is 29.6 Å². The van der Waals surface area contributed by atoms with Crippen LogP contribution in [0.4, 0.5) is 0 Å². The van der Waals surface area contributed by atoms with Gasteiger partial charge in [0.25, 0.3) is 0 Å². The molecule has 4 rings (SSSR count). The predicted molar refractivity (Wildman–Crippen MR) is 94.6 cm³/mol. The Hall–Kier alpha value is -3.98. The van der Waals surface area contributed by atoms with E-state index in [1.165, 1.54) is 0 Å². The van der Waals surface area contributed by atoms with E-state index in [4.69, 9.17) is 4.74 Å². The summed E-state index contributed by atoms with van der Waals surface area (Å²) in [5.41, 5.74) is 3.00. The number of H-pyrrole nitrogens is 1. The Morgan fingerprint density at radius 1 is 1.00 bits per heavy atom. The molecule has 3 aromatic heterocycles. The number of benzene rings is 1. The minimum atomic E-state index is 0.503. The predicted octanol–water partition coefficient (Wildman–Crippen LogP) is 3.41. The van der Waals surface area contributed by atoms with Crippen molar-refractivity contribution in [3.63, 3.8) is 0 Å². The third-order valence-corrected chi connectivity index (χ3v) is 3.74. The molecule has 124 valence electrons. The highest BCUT2D eigenvalue weighted by Crippen LogP contribution is 2.23. The lowest BCUT2D eigenvalue weighted by molar-refractivity contribution is -0.654. The molecule has 0 unspecified atom stereocenters. The number of pyridine rings is 2. The van der Waals surface area contributed by atoms with Gasteiger partial charge in [-0.3, -0.25) is 9.97 Å². The molecule has 1 aromatic carbocycles. The number of aromatic amines is 1. The number of rotatable bonds is 4. The van der Waals surface area contributed by atoms with Gasteiger partial charge in [0.1, 0.15) is 17.2 Å². The van der Waals surface area contributed by atoms with Gasteiger partial charge in [-0.15, -0.1) is 0 Å². The molecule has 3 heterocycles. The maximum absolute atomic E-state index is 9.34. The van der Waals surface area contributed by atoms with E-state index in [2.05, 4.69) is 21.1 Å². The second-order valence-electron chi connectivity index (χ2n) is 5.54. The van der Waals surface area contributed by atoms with Crippen molar-refractivity contribution in [3.8, 4) is 34.6 Å². The SMILES string of the molecule is N#Cc1cc(Oc2cccnc2)cc(-[n+]2ccc(-c3ccccn3)[nH]2)c1. The smallest absolute Gasteiger partial charge is 0.240 e. The summed E-state index contributed by atoms with van der Waals surface area (Å²) in [7, 11) is 0. The fourth-order valence-corrected chi connectivity index (χ4v) is 2.56. The lowest BCUT2D eigenvalue weighted by atomic mass is 10.2. The molecule has 0 aliphatic rings. The second kappa shape index (κ2) is 6.87. The number of hydrogen-bond donors (Lipinski definition) is 1. The van der Waals surface area contributed by atoms with Crippen LogP contribution in [0.5, 0.6) is 11.5 Å². The normalized spacial score (nSPS) is 10.3. The Morgan fingerprint density at radius 3 is 2.73 bits per heavy atom. The minimum Gasteiger partial charge on any atom is -0.455 e. The number of nitrogens with zero attached hydrogens (tertiary/aromatic N) is 4. The second-order valence-corrected chi connectivity index (χ2v) is 5.54. The van der Waals surface area contributed by atoms with E-state index in [0.29, 0.717) is 17.1 Å². The molecule has 0 spiro atoms. The zero-order valence-corrected chi connectivity index (χ0v) is 13.7. The summed E-state index contributed by atoms with van der Waals surface area (Å²) in [4.78, 5) is 8.37. The van der Waals surface area contributed by atoms with Gasteiger partial charge >= 0.3 is 0 Å². The van der Waals surface area contributed by atoms with Crippen LogP contribution in [-0.2, 0) is 0 Å². The van der Waals surface area contributed by atoms with E-state index in [1.807, 2.05) is 47.3 Å². The molecule has 26 heavy (non-hydrogen) atoms. The lowest BCUT2D eigenvalue weighted by Crippen LogP contribution is -2.31. The zero-order chi connectivity index (χ0) is 17.8. The van der Waals surface area contributed by atoms with Crippen LogP contribution in [0.2, 0.25) is 0 Å². The molecule has 0 fully saturated rings. The van der Waals surface area contributed by atoms with Crippen molar-refractivity contribution < 1.29 is 9.42 Å². The van der Waals surface area contributed by atoms with E-state index < -0.39 is 0 Å². The van der Waals surface area contributed by atoms with Crippen molar-refractivity contribution in [2.24, 2.45) is 0 Å². The largest absolute Gasteiger partial charge is 0.455 e. The zero-order valence-electron chi connectivity index (χ0n) is 13.7. The third kappa shape index (κ3) is 3.28. The van der Waals surface area contributed by atoms with Crippen LogP contribution in [0.15, 0.2) is 79.4 Å². The number of nitriles is 1. The van der Waals surface area contributed by atoms with E-state index in [0.717, 1.165) is 17.1 Å². The monoisotopic (exact) mass is 340 g/mol. The maximum Gasteiger partial charge on any atom is 0.240 e. The summed E-state index contributed by atoms with van der Waals surface area (Å²) in [5, 5.41) is 12.6. The van der Waals surface area contributed by atoms with E-state index >= 15 is 0 Å². The summed E-state index contributed by atoms with van der Waals surface area (Å²) < 4.78 is 7.64. The molecular formula is C20H14N5O+. The first-order valence-electron chi connectivity index (χ1n) is 7.97. The van der Waals surface area contributed by atoms with Crippen molar-refractivity contribution in [2.45, 2.75) is 0 Å². The van der Waals surface area contributed by atoms with E-state index in [9.17, 15) is 5.26 Å². The van der Waals surface area contributed by atoms with Gasteiger partial charge in [0, 0.05) is 24.5 Å². The quantitative estimate of drug-likeness (QED) is 0.577. The average Bonchev–Trinajstić information content (AvgIpc) is 3.19. The van der Waals surface area contributed by atoms with Crippen molar-refractivity contribution in [1.29, 1.82) is 5.26 Å². The third-order valence-electron chi connectivity index (χ3n) is 3.74. The molecule has 4 aromatic rings. The van der Waals surface area contributed by atoms with Crippen LogP contribution < -0.4 is 9.42 Å². The molecule has 0 saturated carbocycles. The van der Waals surface area contributed by atoms with Gasteiger partial charge in [-0.1, -0.05) is 10.7 Å². The molecule has 0 bridgehead atoms. The van der Waals surface area contributed by atoms with Crippen molar-refractivity contribution in [1.82, 2.24) is 15.1 Å². The standard InChI is InChI=1S/C20H13N5O/c21-13-15-10-16(12-18(11-15)26-17-4-3-7-22-14-17)25-9-6-20(24-25)19-5-1-2-8-23-19/h1-12,14H/p+1.